The van der Waals surface area contributed by atoms with E-state index in [1.807, 2.05) is 20.0 Å². The monoisotopic (exact) mass is 334 g/mol. The van der Waals surface area contributed by atoms with Crippen LogP contribution in [-0.2, 0) is 13.0 Å². The van der Waals surface area contributed by atoms with Crippen LogP contribution in [0, 0.1) is 6.92 Å². The lowest BCUT2D eigenvalue weighted by Gasteiger charge is -2.24. The van der Waals surface area contributed by atoms with E-state index in [9.17, 15) is 4.79 Å². The number of nitrogens with one attached hydrogen (secondary N) is 1. The number of nitrogens with zero attached hydrogens (tertiary/aromatic N) is 3. The van der Waals surface area contributed by atoms with Crippen molar-refractivity contribution >= 4 is 17.5 Å². The molecule has 1 unspecified atom stereocenters. The van der Waals surface area contributed by atoms with Crippen molar-refractivity contribution in [1.82, 2.24) is 19.9 Å². The van der Waals surface area contributed by atoms with Crippen LogP contribution in [0.25, 0.3) is 0 Å². The Kier molecular flexibility index (Phi) is 4.52. The van der Waals surface area contributed by atoms with Crippen LogP contribution in [0.4, 0.5) is 0 Å². The van der Waals surface area contributed by atoms with E-state index < -0.39 is 0 Å². The molecule has 7 heteroatoms. The largest absolute Gasteiger partial charge is 0.478 e. The van der Waals surface area contributed by atoms with Gasteiger partial charge in [0.25, 0.3) is 5.91 Å². The zero-order valence-electron chi connectivity index (χ0n) is 13.2. The minimum atomic E-state index is -0.276. The molecule has 1 amide bonds. The Morgan fingerprint density at radius 2 is 2.30 bits per heavy atom. The van der Waals surface area contributed by atoms with Gasteiger partial charge in [0.15, 0.2) is 5.69 Å². The quantitative estimate of drug-likeness (QED) is 0.932. The SMILES string of the molecule is CCOc1ccc(Cl)c(C(=O)NC2CCc3nc(C)cn3C2)n1. The summed E-state index contributed by atoms with van der Waals surface area (Å²) in [5.74, 6) is 1.20. The van der Waals surface area contributed by atoms with Crippen LogP contribution in [0.1, 0.15) is 35.4 Å². The summed E-state index contributed by atoms with van der Waals surface area (Å²) in [7, 11) is 0. The zero-order chi connectivity index (χ0) is 16.4. The van der Waals surface area contributed by atoms with Crippen molar-refractivity contribution in [1.29, 1.82) is 0 Å². The lowest BCUT2D eigenvalue weighted by Crippen LogP contribution is -2.41. The van der Waals surface area contributed by atoms with E-state index in [0.29, 0.717) is 24.1 Å². The lowest BCUT2D eigenvalue weighted by atomic mass is 10.1. The summed E-state index contributed by atoms with van der Waals surface area (Å²) in [6.07, 6.45) is 3.71. The number of hydrogen-bond acceptors (Lipinski definition) is 4. The van der Waals surface area contributed by atoms with E-state index in [0.717, 1.165) is 24.4 Å². The average Bonchev–Trinajstić information content (AvgIpc) is 2.88. The summed E-state index contributed by atoms with van der Waals surface area (Å²) in [5, 5.41) is 3.33. The average molecular weight is 335 g/mol. The second kappa shape index (κ2) is 6.58. The third kappa shape index (κ3) is 3.47. The highest BCUT2D eigenvalue weighted by molar-refractivity contribution is 6.33. The summed E-state index contributed by atoms with van der Waals surface area (Å²) in [6, 6.07) is 3.33. The maximum absolute atomic E-state index is 12.5. The van der Waals surface area contributed by atoms with E-state index in [1.165, 1.54) is 0 Å². The van der Waals surface area contributed by atoms with Crippen LogP contribution in [0.3, 0.4) is 0 Å². The van der Waals surface area contributed by atoms with Crippen LogP contribution in [0.2, 0.25) is 5.02 Å². The van der Waals surface area contributed by atoms with Crippen LogP contribution >= 0.6 is 11.6 Å². The van der Waals surface area contributed by atoms with Gasteiger partial charge in [-0.2, -0.15) is 0 Å². The molecule has 2 aromatic rings. The number of aromatic nitrogens is 3. The molecule has 0 aliphatic carbocycles. The van der Waals surface area contributed by atoms with Crippen LogP contribution in [-0.4, -0.2) is 33.1 Å². The Balaban J connectivity index is 1.71. The fourth-order valence-electron chi connectivity index (χ4n) is 2.77. The van der Waals surface area contributed by atoms with Gasteiger partial charge >= 0.3 is 0 Å². The number of fused-ring (bicyclic) bond motifs is 1. The van der Waals surface area contributed by atoms with E-state index in [2.05, 4.69) is 19.9 Å². The number of carbonyl (C=O) groups is 1. The normalized spacial score (nSPS) is 16.7. The van der Waals surface area contributed by atoms with Gasteiger partial charge in [-0.3, -0.25) is 4.79 Å². The number of aryl methyl sites for hydroxylation is 2. The molecular weight excluding hydrogens is 316 g/mol. The molecule has 23 heavy (non-hydrogen) atoms. The summed E-state index contributed by atoms with van der Waals surface area (Å²) >= 11 is 6.10. The standard InChI is InChI=1S/C16H19ClN4O2/c1-3-23-14-7-5-12(17)15(20-14)16(22)19-11-4-6-13-18-10(2)8-21(13)9-11/h5,7-8,11H,3-4,6,9H2,1-2H3,(H,19,22). The number of hydrogen-bond donors (Lipinski definition) is 1. The predicted molar refractivity (Wildman–Crippen MR) is 87.0 cm³/mol. The number of rotatable bonds is 4. The molecule has 0 aromatic carbocycles. The zero-order valence-corrected chi connectivity index (χ0v) is 13.9. The summed E-state index contributed by atoms with van der Waals surface area (Å²) in [6.45, 7) is 5.04. The van der Waals surface area contributed by atoms with Crippen molar-refractivity contribution in [2.75, 3.05) is 6.61 Å². The first-order chi connectivity index (χ1) is 11.1. The highest BCUT2D eigenvalue weighted by Crippen LogP contribution is 2.20. The third-order valence-electron chi connectivity index (χ3n) is 3.78. The van der Waals surface area contributed by atoms with E-state index in [-0.39, 0.29) is 17.6 Å². The molecule has 1 atom stereocenters. The van der Waals surface area contributed by atoms with Crippen molar-refractivity contribution in [2.45, 2.75) is 39.3 Å². The Hall–Kier alpha value is -2.08. The van der Waals surface area contributed by atoms with Crippen molar-refractivity contribution < 1.29 is 9.53 Å². The molecule has 3 rings (SSSR count). The Bertz CT molecular complexity index is 729. The Labute approximate surface area is 139 Å². The van der Waals surface area contributed by atoms with Gasteiger partial charge in [0.05, 0.1) is 17.3 Å². The molecule has 0 bridgehead atoms. The highest BCUT2D eigenvalue weighted by Gasteiger charge is 2.23. The fraction of sp³-hybridized carbons (Fsp3) is 0.438. The molecule has 0 radical (unpaired) electrons. The third-order valence-corrected chi connectivity index (χ3v) is 4.08. The molecular formula is C16H19ClN4O2. The van der Waals surface area contributed by atoms with E-state index >= 15 is 0 Å². The number of ether oxygens (including phenoxy) is 1. The first-order valence-electron chi connectivity index (χ1n) is 7.69. The van der Waals surface area contributed by atoms with Crippen molar-refractivity contribution in [3.8, 4) is 5.88 Å². The van der Waals surface area contributed by atoms with Gasteiger partial charge in [0.1, 0.15) is 5.82 Å². The molecule has 3 heterocycles. The fourth-order valence-corrected chi connectivity index (χ4v) is 2.96. The van der Waals surface area contributed by atoms with Gasteiger partial charge in [0, 0.05) is 31.3 Å². The van der Waals surface area contributed by atoms with Crippen molar-refractivity contribution in [3.05, 3.63) is 40.6 Å². The molecule has 1 aliphatic rings. The van der Waals surface area contributed by atoms with E-state index in [4.69, 9.17) is 16.3 Å². The van der Waals surface area contributed by atoms with E-state index in [1.54, 1.807) is 12.1 Å². The number of pyridine rings is 1. The molecule has 1 N–H and O–H groups in total. The summed E-state index contributed by atoms with van der Waals surface area (Å²) in [5.41, 5.74) is 1.20. The predicted octanol–water partition coefficient (Wildman–Crippen LogP) is 2.38. The molecule has 0 saturated carbocycles. The maximum Gasteiger partial charge on any atom is 0.271 e. The Morgan fingerprint density at radius 3 is 3.09 bits per heavy atom. The molecule has 0 spiro atoms. The molecule has 0 fully saturated rings. The molecule has 0 saturated heterocycles. The summed E-state index contributed by atoms with van der Waals surface area (Å²) in [4.78, 5) is 21.1. The van der Waals surface area contributed by atoms with Crippen LogP contribution in [0.15, 0.2) is 18.3 Å². The van der Waals surface area contributed by atoms with Gasteiger partial charge < -0.3 is 14.6 Å². The second-order valence-electron chi connectivity index (χ2n) is 5.57. The molecule has 2 aromatic heterocycles. The van der Waals surface area contributed by atoms with Crippen LogP contribution in [0.5, 0.6) is 5.88 Å². The maximum atomic E-state index is 12.5. The summed E-state index contributed by atoms with van der Waals surface area (Å²) < 4.78 is 7.42. The highest BCUT2D eigenvalue weighted by atomic mass is 35.5. The second-order valence-corrected chi connectivity index (χ2v) is 5.98. The lowest BCUT2D eigenvalue weighted by molar-refractivity contribution is 0.0921. The Morgan fingerprint density at radius 1 is 1.48 bits per heavy atom. The minimum absolute atomic E-state index is 0.0391. The first-order valence-corrected chi connectivity index (χ1v) is 8.07. The van der Waals surface area contributed by atoms with Crippen LogP contribution < -0.4 is 10.1 Å². The van der Waals surface area contributed by atoms with Gasteiger partial charge in [-0.1, -0.05) is 11.6 Å². The first kappa shape index (κ1) is 15.8. The van der Waals surface area contributed by atoms with Gasteiger partial charge in [0.2, 0.25) is 5.88 Å². The smallest absolute Gasteiger partial charge is 0.271 e. The van der Waals surface area contributed by atoms with Crippen molar-refractivity contribution in [2.24, 2.45) is 0 Å². The number of carbonyl (C=O) groups excluding carboxylic acids is 1. The molecule has 122 valence electrons. The minimum Gasteiger partial charge on any atom is -0.478 e. The number of imidazole rings is 1. The number of amides is 1. The van der Waals surface area contributed by atoms with Crippen molar-refractivity contribution in [3.63, 3.8) is 0 Å². The van der Waals surface area contributed by atoms with Gasteiger partial charge in [-0.15, -0.1) is 0 Å². The van der Waals surface area contributed by atoms with Gasteiger partial charge in [-0.05, 0) is 26.3 Å². The molecule has 6 nitrogen and oxygen atoms in total. The number of halogens is 1. The van der Waals surface area contributed by atoms with Gasteiger partial charge in [-0.25, -0.2) is 9.97 Å². The molecule has 1 aliphatic heterocycles. The topological polar surface area (TPSA) is 69.0 Å².